The molecule has 3 aromatic rings. The van der Waals surface area contributed by atoms with Gasteiger partial charge in [-0.25, -0.2) is 0 Å². The van der Waals surface area contributed by atoms with Crippen molar-refractivity contribution in [1.82, 2.24) is 9.88 Å². The molecule has 1 amide bonds. The minimum absolute atomic E-state index is 0.139. The van der Waals surface area contributed by atoms with E-state index in [9.17, 15) is 9.59 Å². The maximum Gasteiger partial charge on any atom is 0.251 e. The van der Waals surface area contributed by atoms with E-state index in [0.717, 1.165) is 15.8 Å². The fraction of sp³-hybridized carbons (Fsp3) is 0.238. The average Bonchev–Trinajstić information content (AvgIpc) is 2.73. The number of aryl methyl sites for hydroxylation is 1. The Morgan fingerprint density at radius 1 is 1.24 bits per heavy atom. The zero-order chi connectivity index (χ0) is 20.4. The molecule has 0 radical (unpaired) electrons. The van der Waals surface area contributed by atoms with Gasteiger partial charge in [0.15, 0.2) is 11.5 Å². The van der Waals surface area contributed by atoms with Crippen LogP contribution in [0.15, 0.2) is 58.2 Å². The zero-order valence-corrected chi connectivity index (χ0v) is 17.3. The van der Waals surface area contributed by atoms with Crippen molar-refractivity contribution in [2.24, 2.45) is 7.05 Å². The van der Waals surface area contributed by atoms with Gasteiger partial charge in [0, 0.05) is 28.4 Å². The Bertz CT molecular complexity index is 1130. The largest absolute Gasteiger partial charge is 0.486 e. The van der Waals surface area contributed by atoms with Crippen molar-refractivity contribution in [3.8, 4) is 11.5 Å². The monoisotopic (exact) mass is 430 g/mol. The van der Waals surface area contributed by atoms with Crippen molar-refractivity contribution >= 4 is 40.2 Å². The summed E-state index contributed by atoms with van der Waals surface area (Å²) in [5.74, 6) is 1.44. The predicted molar refractivity (Wildman–Crippen MR) is 114 cm³/mol. The summed E-state index contributed by atoms with van der Waals surface area (Å²) in [6.07, 6.45) is -0.245. The molecule has 150 valence electrons. The lowest BCUT2D eigenvalue weighted by atomic mass is 10.2. The lowest BCUT2D eigenvalue weighted by molar-refractivity contribution is -0.119. The number of amides is 1. The second-order valence-electron chi connectivity index (χ2n) is 6.66. The van der Waals surface area contributed by atoms with E-state index in [1.54, 1.807) is 29.8 Å². The molecule has 2 aromatic carbocycles. The third kappa shape index (κ3) is 4.36. The summed E-state index contributed by atoms with van der Waals surface area (Å²) in [7, 11) is 1.70. The fourth-order valence-corrected chi connectivity index (χ4v) is 4.17. The SMILES string of the molecule is Cn1c(=O)cc(SCC(=O)NCC2COc3ccccc3O2)c2ccc(Cl)cc21. The fourth-order valence-electron chi connectivity index (χ4n) is 3.10. The van der Waals surface area contributed by atoms with Crippen LogP contribution in [0.2, 0.25) is 5.02 Å². The summed E-state index contributed by atoms with van der Waals surface area (Å²) in [5.41, 5.74) is 0.591. The number of hydrogen-bond donors (Lipinski definition) is 1. The number of para-hydroxylation sites is 2. The molecule has 1 atom stereocenters. The molecule has 4 rings (SSSR count). The second-order valence-corrected chi connectivity index (χ2v) is 8.11. The summed E-state index contributed by atoms with van der Waals surface area (Å²) in [6, 6.07) is 14.4. The summed E-state index contributed by atoms with van der Waals surface area (Å²) in [6.45, 7) is 0.727. The van der Waals surface area contributed by atoms with Gasteiger partial charge in [-0.1, -0.05) is 29.8 Å². The number of benzene rings is 2. The molecule has 0 spiro atoms. The predicted octanol–water partition coefficient (Wildman–Crippen LogP) is 3.24. The van der Waals surface area contributed by atoms with Gasteiger partial charge in [0.05, 0.1) is 17.8 Å². The quantitative estimate of drug-likeness (QED) is 0.629. The van der Waals surface area contributed by atoms with Gasteiger partial charge in [0.2, 0.25) is 5.91 Å². The Morgan fingerprint density at radius 2 is 2.03 bits per heavy atom. The average molecular weight is 431 g/mol. The molecule has 0 aliphatic carbocycles. The zero-order valence-electron chi connectivity index (χ0n) is 15.7. The van der Waals surface area contributed by atoms with Crippen LogP contribution in [0.5, 0.6) is 11.5 Å². The van der Waals surface area contributed by atoms with Crippen LogP contribution >= 0.6 is 23.4 Å². The van der Waals surface area contributed by atoms with Gasteiger partial charge < -0.3 is 19.4 Å². The van der Waals surface area contributed by atoms with Gasteiger partial charge in [-0.3, -0.25) is 9.59 Å². The molecule has 0 bridgehead atoms. The minimum atomic E-state index is -0.245. The summed E-state index contributed by atoms with van der Waals surface area (Å²) < 4.78 is 13.0. The molecule has 0 saturated carbocycles. The number of nitrogens with one attached hydrogen (secondary N) is 1. The van der Waals surface area contributed by atoms with Crippen molar-refractivity contribution in [3.05, 3.63) is 63.9 Å². The van der Waals surface area contributed by atoms with Crippen LogP contribution in [-0.4, -0.2) is 35.5 Å². The molecule has 8 heteroatoms. The summed E-state index contributed by atoms with van der Waals surface area (Å²) in [5, 5.41) is 4.31. The highest BCUT2D eigenvalue weighted by Gasteiger charge is 2.21. The number of fused-ring (bicyclic) bond motifs is 2. The Balaban J connectivity index is 1.37. The lowest BCUT2D eigenvalue weighted by Crippen LogP contribution is -2.41. The van der Waals surface area contributed by atoms with E-state index in [4.69, 9.17) is 21.1 Å². The maximum absolute atomic E-state index is 12.3. The number of thioether (sulfide) groups is 1. The number of carbonyl (C=O) groups excluding carboxylic acids is 1. The van der Waals surface area contributed by atoms with E-state index in [0.29, 0.717) is 29.7 Å². The van der Waals surface area contributed by atoms with Gasteiger partial charge in [-0.05, 0) is 24.3 Å². The normalized spacial score (nSPS) is 15.3. The molecule has 6 nitrogen and oxygen atoms in total. The van der Waals surface area contributed by atoms with E-state index in [1.165, 1.54) is 11.8 Å². The smallest absolute Gasteiger partial charge is 0.251 e. The van der Waals surface area contributed by atoms with Crippen LogP contribution in [0.1, 0.15) is 0 Å². The van der Waals surface area contributed by atoms with Crippen LogP contribution < -0.4 is 20.3 Å². The Labute approximate surface area is 176 Å². The molecular formula is C21H19ClN2O4S. The maximum atomic E-state index is 12.3. The first kappa shape index (κ1) is 19.7. The van der Waals surface area contributed by atoms with Crippen LogP contribution in [0.3, 0.4) is 0 Å². The molecule has 1 aliphatic heterocycles. The summed E-state index contributed by atoms with van der Waals surface area (Å²) >= 11 is 7.38. The molecule has 2 heterocycles. The highest BCUT2D eigenvalue weighted by Crippen LogP contribution is 2.31. The van der Waals surface area contributed by atoms with Gasteiger partial charge in [-0.2, -0.15) is 0 Å². The van der Waals surface area contributed by atoms with Crippen molar-refractivity contribution in [3.63, 3.8) is 0 Å². The molecule has 0 fully saturated rings. The van der Waals surface area contributed by atoms with Gasteiger partial charge in [0.1, 0.15) is 12.7 Å². The van der Waals surface area contributed by atoms with E-state index >= 15 is 0 Å². The molecule has 0 saturated heterocycles. The number of ether oxygens (including phenoxy) is 2. The topological polar surface area (TPSA) is 69.6 Å². The first-order valence-corrected chi connectivity index (χ1v) is 10.4. The Morgan fingerprint density at radius 3 is 2.86 bits per heavy atom. The number of nitrogens with zero attached hydrogens (tertiary/aromatic N) is 1. The number of carbonyl (C=O) groups is 1. The van der Waals surface area contributed by atoms with Crippen molar-refractivity contribution in [1.29, 1.82) is 0 Å². The molecule has 1 unspecified atom stereocenters. The third-order valence-electron chi connectivity index (χ3n) is 4.62. The minimum Gasteiger partial charge on any atom is -0.486 e. The molecular weight excluding hydrogens is 412 g/mol. The first-order chi connectivity index (χ1) is 14.0. The van der Waals surface area contributed by atoms with Gasteiger partial charge >= 0.3 is 0 Å². The number of hydrogen-bond acceptors (Lipinski definition) is 5. The van der Waals surface area contributed by atoms with Crippen molar-refractivity contribution < 1.29 is 14.3 Å². The second kappa shape index (κ2) is 8.39. The van der Waals surface area contributed by atoms with E-state index < -0.39 is 0 Å². The molecule has 1 N–H and O–H groups in total. The van der Waals surface area contributed by atoms with E-state index in [2.05, 4.69) is 5.32 Å². The van der Waals surface area contributed by atoms with Gasteiger partial charge in [0.25, 0.3) is 5.56 Å². The Hall–Kier alpha value is -2.64. The van der Waals surface area contributed by atoms with Crippen LogP contribution in [0, 0.1) is 0 Å². The van der Waals surface area contributed by atoms with Crippen molar-refractivity contribution in [2.45, 2.75) is 11.0 Å². The van der Waals surface area contributed by atoms with Gasteiger partial charge in [-0.15, -0.1) is 11.8 Å². The van der Waals surface area contributed by atoms with Crippen molar-refractivity contribution in [2.75, 3.05) is 18.9 Å². The van der Waals surface area contributed by atoms with E-state index in [-0.39, 0.29) is 23.3 Å². The highest BCUT2D eigenvalue weighted by atomic mass is 35.5. The third-order valence-corrected chi connectivity index (χ3v) is 5.92. The summed E-state index contributed by atoms with van der Waals surface area (Å²) in [4.78, 5) is 25.3. The first-order valence-electron chi connectivity index (χ1n) is 9.08. The number of rotatable bonds is 5. The van der Waals surface area contributed by atoms with Crippen LogP contribution in [0.4, 0.5) is 0 Å². The molecule has 29 heavy (non-hydrogen) atoms. The van der Waals surface area contributed by atoms with E-state index in [1.807, 2.05) is 30.3 Å². The highest BCUT2D eigenvalue weighted by molar-refractivity contribution is 8.00. The lowest BCUT2D eigenvalue weighted by Gasteiger charge is -2.26. The van der Waals surface area contributed by atoms with Crippen LogP contribution in [0.25, 0.3) is 10.9 Å². The Kier molecular flexibility index (Phi) is 5.69. The standard InChI is InChI=1S/C21H19ClN2O4S/c1-24-16-8-13(22)6-7-15(16)19(9-21(24)26)29-12-20(25)23-10-14-11-27-17-4-2-3-5-18(17)28-14/h2-9,14H,10-12H2,1H3,(H,23,25). The number of pyridine rings is 1. The van der Waals surface area contributed by atoms with Crippen LogP contribution in [-0.2, 0) is 11.8 Å². The number of aromatic nitrogens is 1. The number of halogens is 1. The molecule has 1 aromatic heterocycles. The molecule has 1 aliphatic rings.